The average molecular weight is 339 g/mol. The Labute approximate surface area is 148 Å². The molecule has 5 nitrogen and oxygen atoms in total. The topological polar surface area (TPSA) is 56.4 Å². The first-order valence-corrected chi connectivity index (χ1v) is 9.31. The normalized spacial score (nSPS) is 23.1. The maximum atomic E-state index is 13.0. The highest BCUT2D eigenvalue weighted by Gasteiger charge is 2.45. The first-order chi connectivity index (χ1) is 12.1. The van der Waals surface area contributed by atoms with E-state index in [-0.39, 0.29) is 30.4 Å². The fraction of sp³-hybridized carbons (Fsp3) is 0.500. The average Bonchev–Trinajstić information content (AvgIpc) is 2.98. The van der Waals surface area contributed by atoms with Crippen molar-refractivity contribution in [1.29, 1.82) is 0 Å². The Hall–Kier alpha value is -2.30. The van der Waals surface area contributed by atoms with Crippen molar-refractivity contribution < 1.29 is 9.59 Å². The molecule has 1 aromatic carbocycles. The second-order valence-electron chi connectivity index (χ2n) is 7.23. The van der Waals surface area contributed by atoms with Crippen molar-refractivity contribution in [2.75, 3.05) is 13.1 Å². The summed E-state index contributed by atoms with van der Waals surface area (Å²) in [6.45, 7) is 5.08. The van der Waals surface area contributed by atoms with E-state index in [0.717, 1.165) is 30.5 Å². The molecule has 0 radical (unpaired) electrons. The van der Waals surface area contributed by atoms with Crippen LogP contribution in [-0.2, 0) is 16.0 Å². The molecule has 1 N–H and O–H groups in total. The summed E-state index contributed by atoms with van der Waals surface area (Å²) in [6.07, 6.45) is 3.78. The monoisotopic (exact) mass is 339 g/mol. The van der Waals surface area contributed by atoms with E-state index in [1.165, 1.54) is 10.9 Å². The number of para-hydroxylation sites is 1. The number of piperazine rings is 1. The Kier molecular flexibility index (Phi) is 4.02. The molecule has 2 amide bonds. The Balaban J connectivity index is 1.68. The smallest absolute Gasteiger partial charge is 0.246 e. The van der Waals surface area contributed by atoms with E-state index in [9.17, 15) is 9.59 Å². The minimum Gasteiger partial charge on any atom is -0.356 e. The van der Waals surface area contributed by atoms with Gasteiger partial charge in [-0.05, 0) is 25.0 Å². The molecule has 2 aliphatic heterocycles. The zero-order chi connectivity index (χ0) is 17.6. The summed E-state index contributed by atoms with van der Waals surface area (Å²) < 4.78 is 0. The Morgan fingerprint density at radius 2 is 2.00 bits per heavy atom. The fourth-order valence-electron chi connectivity index (χ4n) is 4.37. The zero-order valence-electron chi connectivity index (χ0n) is 14.9. The predicted molar refractivity (Wildman–Crippen MR) is 97.2 cm³/mol. The highest BCUT2D eigenvalue weighted by molar-refractivity contribution is 5.97. The van der Waals surface area contributed by atoms with Crippen molar-refractivity contribution >= 4 is 22.7 Å². The molecule has 3 heterocycles. The van der Waals surface area contributed by atoms with Crippen LogP contribution in [-0.4, -0.2) is 45.7 Å². The van der Waals surface area contributed by atoms with Gasteiger partial charge in [-0.15, -0.1) is 0 Å². The lowest BCUT2D eigenvalue weighted by molar-refractivity contribution is -0.159. The first-order valence-electron chi connectivity index (χ1n) is 9.31. The highest BCUT2D eigenvalue weighted by Crippen LogP contribution is 2.38. The van der Waals surface area contributed by atoms with E-state index in [2.05, 4.69) is 24.0 Å². The van der Waals surface area contributed by atoms with Crippen LogP contribution in [0.1, 0.15) is 50.4 Å². The van der Waals surface area contributed by atoms with Gasteiger partial charge in [-0.2, -0.15) is 0 Å². The number of carbonyl (C=O) groups is 2. The van der Waals surface area contributed by atoms with Crippen molar-refractivity contribution in [3.8, 4) is 0 Å². The summed E-state index contributed by atoms with van der Waals surface area (Å²) in [4.78, 5) is 32.8. The van der Waals surface area contributed by atoms with Crippen molar-refractivity contribution in [1.82, 2.24) is 14.8 Å². The number of aromatic nitrogens is 1. The van der Waals surface area contributed by atoms with Gasteiger partial charge in [0.15, 0.2) is 0 Å². The molecule has 5 heteroatoms. The second kappa shape index (κ2) is 6.21. The van der Waals surface area contributed by atoms with Gasteiger partial charge in [-0.1, -0.05) is 38.0 Å². The van der Waals surface area contributed by atoms with Crippen LogP contribution in [0.3, 0.4) is 0 Å². The van der Waals surface area contributed by atoms with E-state index in [1.807, 2.05) is 19.1 Å². The van der Waals surface area contributed by atoms with Gasteiger partial charge >= 0.3 is 0 Å². The van der Waals surface area contributed by atoms with Crippen LogP contribution in [0.15, 0.2) is 24.3 Å². The lowest BCUT2D eigenvalue weighted by atomic mass is 9.90. The van der Waals surface area contributed by atoms with Gasteiger partial charge in [-0.25, -0.2) is 0 Å². The lowest BCUT2D eigenvalue weighted by Crippen LogP contribution is -2.62. The lowest BCUT2D eigenvalue weighted by Gasteiger charge is -2.46. The summed E-state index contributed by atoms with van der Waals surface area (Å²) in [7, 11) is 0. The molecule has 0 saturated carbocycles. The van der Waals surface area contributed by atoms with E-state index in [4.69, 9.17) is 0 Å². The third kappa shape index (κ3) is 2.53. The summed E-state index contributed by atoms with van der Waals surface area (Å²) >= 11 is 0. The number of benzene rings is 1. The van der Waals surface area contributed by atoms with Crippen molar-refractivity contribution in [2.45, 2.75) is 51.6 Å². The molecule has 1 aromatic heterocycles. The molecule has 2 aromatic rings. The standard InChI is InChI=1S/C20H25N3O2/c1-3-4-7-10-22-12-18(24)23-13(2)19-15(11-17(23)20(22)25)14-8-5-6-9-16(14)21-19/h5-6,8-9,13,17,21H,3-4,7,10-12H2,1-2H3/t13-,17-/m1/s1. The molecule has 25 heavy (non-hydrogen) atoms. The van der Waals surface area contributed by atoms with Crippen molar-refractivity contribution in [3.05, 3.63) is 35.5 Å². The van der Waals surface area contributed by atoms with Gasteiger partial charge in [0.05, 0.1) is 12.6 Å². The molecule has 1 fully saturated rings. The molecule has 0 unspecified atom stereocenters. The molecule has 132 valence electrons. The maximum absolute atomic E-state index is 13.0. The van der Waals surface area contributed by atoms with Gasteiger partial charge in [0.25, 0.3) is 0 Å². The van der Waals surface area contributed by atoms with Gasteiger partial charge in [0, 0.05) is 29.6 Å². The first kappa shape index (κ1) is 16.2. The van der Waals surface area contributed by atoms with Gasteiger partial charge in [0.2, 0.25) is 11.8 Å². The summed E-state index contributed by atoms with van der Waals surface area (Å²) in [5.74, 6) is 0.177. The minimum atomic E-state index is -0.357. The van der Waals surface area contributed by atoms with E-state index >= 15 is 0 Å². The number of unbranched alkanes of at least 4 members (excludes halogenated alkanes) is 2. The van der Waals surface area contributed by atoms with Crippen molar-refractivity contribution in [2.24, 2.45) is 0 Å². The Morgan fingerprint density at radius 3 is 2.80 bits per heavy atom. The zero-order valence-corrected chi connectivity index (χ0v) is 14.9. The summed E-state index contributed by atoms with van der Waals surface area (Å²) in [5.41, 5.74) is 3.36. The van der Waals surface area contributed by atoms with Crippen LogP contribution in [0.5, 0.6) is 0 Å². The van der Waals surface area contributed by atoms with Crippen LogP contribution in [0, 0.1) is 0 Å². The third-order valence-electron chi connectivity index (χ3n) is 5.66. The van der Waals surface area contributed by atoms with Crippen LogP contribution < -0.4 is 0 Å². The molecule has 2 aliphatic rings. The van der Waals surface area contributed by atoms with Crippen LogP contribution in [0.25, 0.3) is 10.9 Å². The largest absolute Gasteiger partial charge is 0.356 e. The minimum absolute atomic E-state index is 0.0675. The van der Waals surface area contributed by atoms with Gasteiger partial charge in [0.1, 0.15) is 6.04 Å². The van der Waals surface area contributed by atoms with Crippen LogP contribution in [0.2, 0.25) is 0 Å². The predicted octanol–water partition coefficient (Wildman–Crippen LogP) is 3.01. The van der Waals surface area contributed by atoms with Gasteiger partial charge in [-0.3, -0.25) is 9.59 Å². The molecule has 4 rings (SSSR count). The highest BCUT2D eigenvalue weighted by atomic mass is 16.2. The summed E-state index contributed by atoms with van der Waals surface area (Å²) in [5, 5.41) is 1.17. The molecule has 0 spiro atoms. The molecule has 0 aliphatic carbocycles. The number of carbonyl (C=O) groups excluding carboxylic acids is 2. The van der Waals surface area contributed by atoms with Crippen molar-refractivity contribution in [3.63, 3.8) is 0 Å². The number of hydrogen-bond acceptors (Lipinski definition) is 2. The van der Waals surface area contributed by atoms with E-state index < -0.39 is 0 Å². The number of nitrogens with one attached hydrogen (secondary N) is 1. The van der Waals surface area contributed by atoms with Gasteiger partial charge < -0.3 is 14.8 Å². The fourth-order valence-corrected chi connectivity index (χ4v) is 4.37. The van der Waals surface area contributed by atoms with E-state index in [1.54, 1.807) is 9.80 Å². The molecule has 0 bridgehead atoms. The second-order valence-corrected chi connectivity index (χ2v) is 7.23. The summed E-state index contributed by atoms with van der Waals surface area (Å²) in [6, 6.07) is 7.74. The number of fused-ring (bicyclic) bond motifs is 4. The number of H-pyrrole nitrogens is 1. The number of rotatable bonds is 4. The quantitative estimate of drug-likeness (QED) is 0.871. The third-order valence-corrected chi connectivity index (χ3v) is 5.66. The van der Waals surface area contributed by atoms with Crippen LogP contribution >= 0.6 is 0 Å². The number of aromatic amines is 1. The SMILES string of the molecule is CCCCCN1CC(=O)N2[C@H](Cc3c([nH]c4ccccc34)[C@H]2C)C1=O. The maximum Gasteiger partial charge on any atom is 0.246 e. The molecule has 2 atom stereocenters. The van der Waals surface area contributed by atoms with E-state index in [0.29, 0.717) is 13.0 Å². The number of amides is 2. The Morgan fingerprint density at radius 1 is 1.20 bits per heavy atom. The number of nitrogens with zero attached hydrogens (tertiary/aromatic N) is 2. The Bertz CT molecular complexity index is 825. The molecular weight excluding hydrogens is 314 g/mol. The molecule has 1 saturated heterocycles. The van der Waals surface area contributed by atoms with Crippen LogP contribution in [0.4, 0.5) is 0 Å². The number of hydrogen-bond donors (Lipinski definition) is 1. The molecular formula is C20H25N3O2.